The summed E-state index contributed by atoms with van der Waals surface area (Å²) in [6.07, 6.45) is 5.67. The van der Waals surface area contributed by atoms with Crippen LogP contribution in [-0.2, 0) is 6.61 Å². The number of fused-ring (bicyclic) bond motifs is 2. The van der Waals surface area contributed by atoms with Crippen LogP contribution in [0.15, 0.2) is 53.3 Å². The van der Waals surface area contributed by atoms with E-state index in [1.165, 1.54) is 0 Å². The minimum atomic E-state index is -3.01. The number of amides is 1. The lowest BCUT2D eigenvalue weighted by molar-refractivity contribution is -0.0487. The van der Waals surface area contributed by atoms with Gasteiger partial charge >= 0.3 is 0 Å². The van der Waals surface area contributed by atoms with Gasteiger partial charge in [-0.15, -0.1) is 0 Å². The van der Waals surface area contributed by atoms with E-state index in [1.807, 2.05) is 28.9 Å². The lowest BCUT2D eigenvalue weighted by Crippen LogP contribution is -2.57. The summed E-state index contributed by atoms with van der Waals surface area (Å²) >= 11 is 0. The van der Waals surface area contributed by atoms with Crippen molar-refractivity contribution in [3.8, 4) is 5.75 Å². The number of alkyl halides is 2. The molecule has 2 N–H and O–H groups in total. The molecular formula is C23H22F2N4O3. The van der Waals surface area contributed by atoms with Crippen molar-refractivity contribution in [2.24, 2.45) is 0 Å². The van der Waals surface area contributed by atoms with Gasteiger partial charge in [0.1, 0.15) is 29.3 Å². The van der Waals surface area contributed by atoms with E-state index in [0.29, 0.717) is 35.6 Å². The lowest BCUT2D eigenvalue weighted by Gasteiger charge is -2.32. The first kappa shape index (κ1) is 20.4. The number of aryl methyl sites for hydroxylation is 1. The Kier molecular flexibility index (Phi) is 5.05. The number of piperidine rings is 1. The summed E-state index contributed by atoms with van der Waals surface area (Å²) in [7, 11) is 0. The molecule has 3 aromatic heterocycles. The zero-order valence-corrected chi connectivity index (χ0v) is 17.4. The number of nitrogens with zero attached hydrogens (tertiary/aromatic N) is 2. The molecule has 4 aromatic rings. The van der Waals surface area contributed by atoms with Crippen molar-refractivity contribution in [2.75, 3.05) is 13.1 Å². The minimum absolute atomic E-state index is 0.156. The molecule has 1 saturated heterocycles. The second-order valence-electron chi connectivity index (χ2n) is 7.96. The Labute approximate surface area is 182 Å². The van der Waals surface area contributed by atoms with Gasteiger partial charge in [0.05, 0.1) is 18.2 Å². The van der Waals surface area contributed by atoms with Gasteiger partial charge in [-0.2, -0.15) is 0 Å². The zero-order chi connectivity index (χ0) is 22.3. The first-order chi connectivity index (χ1) is 15.4. The van der Waals surface area contributed by atoms with Crippen molar-refractivity contribution in [1.82, 2.24) is 20.0 Å². The number of nitrogens with one attached hydrogen (secondary N) is 2. The summed E-state index contributed by atoms with van der Waals surface area (Å²) in [6.45, 7) is 1.94. The summed E-state index contributed by atoms with van der Waals surface area (Å²) in [4.78, 5) is 17.1. The highest BCUT2D eigenvalue weighted by molar-refractivity contribution is 6.07. The molecule has 0 radical (unpaired) electrons. The highest BCUT2D eigenvalue weighted by atomic mass is 19.3. The second kappa shape index (κ2) is 7.90. The summed E-state index contributed by atoms with van der Waals surface area (Å²) in [6, 6.07) is 7.78. The van der Waals surface area contributed by atoms with Crippen LogP contribution in [0.5, 0.6) is 5.75 Å². The van der Waals surface area contributed by atoms with E-state index < -0.39 is 24.4 Å². The maximum Gasteiger partial charge on any atom is 0.280 e. The molecule has 1 fully saturated rings. The van der Waals surface area contributed by atoms with Crippen LogP contribution in [0.25, 0.3) is 16.6 Å². The highest BCUT2D eigenvalue weighted by Crippen LogP contribution is 2.30. The molecule has 0 spiro atoms. The van der Waals surface area contributed by atoms with Crippen molar-refractivity contribution in [1.29, 1.82) is 0 Å². The molecule has 32 heavy (non-hydrogen) atoms. The van der Waals surface area contributed by atoms with Gasteiger partial charge in [0.15, 0.2) is 0 Å². The Balaban J connectivity index is 1.37. The number of carbonyl (C=O) groups excluding carboxylic acids is 1. The van der Waals surface area contributed by atoms with Crippen LogP contribution in [0.4, 0.5) is 8.78 Å². The van der Waals surface area contributed by atoms with Crippen LogP contribution in [0, 0.1) is 6.92 Å². The van der Waals surface area contributed by atoms with Gasteiger partial charge in [0.25, 0.3) is 11.8 Å². The van der Waals surface area contributed by atoms with Crippen molar-refractivity contribution in [3.05, 3.63) is 65.8 Å². The summed E-state index contributed by atoms with van der Waals surface area (Å²) in [5, 5.41) is 5.68. The average Bonchev–Trinajstić information content (AvgIpc) is 3.36. The Morgan fingerprint density at radius 2 is 2.25 bits per heavy atom. The topological polar surface area (TPSA) is 80.8 Å². The molecule has 1 aliphatic rings. The Hall–Kier alpha value is -3.46. The van der Waals surface area contributed by atoms with Gasteiger partial charge < -0.3 is 24.2 Å². The van der Waals surface area contributed by atoms with Gasteiger partial charge in [-0.1, -0.05) is 6.07 Å². The molecule has 1 aliphatic heterocycles. The van der Waals surface area contributed by atoms with Crippen molar-refractivity contribution < 1.29 is 22.7 Å². The highest BCUT2D eigenvalue weighted by Gasteiger charge is 2.42. The van der Waals surface area contributed by atoms with Crippen LogP contribution < -0.4 is 15.4 Å². The predicted octanol–water partition coefficient (Wildman–Crippen LogP) is 3.69. The third-order valence-electron chi connectivity index (χ3n) is 5.70. The van der Waals surface area contributed by atoms with E-state index in [2.05, 4.69) is 15.6 Å². The van der Waals surface area contributed by atoms with E-state index in [1.54, 1.807) is 31.3 Å². The Morgan fingerprint density at radius 3 is 3.09 bits per heavy atom. The Morgan fingerprint density at radius 1 is 1.38 bits per heavy atom. The predicted molar refractivity (Wildman–Crippen MR) is 114 cm³/mol. The minimum Gasteiger partial charge on any atom is -0.489 e. The summed E-state index contributed by atoms with van der Waals surface area (Å²) in [5.74, 6) is -2.66. The van der Waals surface area contributed by atoms with Gasteiger partial charge in [0.2, 0.25) is 0 Å². The van der Waals surface area contributed by atoms with Gasteiger partial charge in [-0.3, -0.25) is 4.79 Å². The fourth-order valence-corrected chi connectivity index (χ4v) is 4.03. The number of imidazole rings is 1. The molecule has 0 saturated carbocycles. The SMILES string of the molecule is Cc1oc2ccc(OCc3ccc4nccn4c3)cc2c1C(=O)NC1CCNCC1(F)F. The number of hydrogen-bond acceptors (Lipinski definition) is 5. The molecule has 0 bridgehead atoms. The van der Waals surface area contributed by atoms with Crippen LogP contribution in [0.2, 0.25) is 0 Å². The number of rotatable bonds is 5. The smallest absolute Gasteiger partial charge is 0.280 e. The molecule has 1 atom stereocenters. The summed E-state index contributed by atoms with van der Waals surface area (Å²) in [5.41, 5.74) is 2.54. The normalized spacial score (nSPS) is 18.2. The third-order valence-corrected chi connectivity index (χ3v) is 5.70. The van der Waals surface area contributed by atoms with Crippen molar-refractivity contribution in [3.63, 3.8) is 0 Å². The number of pyridine rings is 1. The number of carbonyl (C=O) groups is 1. The fraction of sp³-hybridized carbons (Fsp3) is 0.304. The number of hydrogen-bond donors (Lipinski definition) is 2. The standard InChI is InChI=1S/C23H22F2N4O3/c1-14-21(22(30)28-19-6-7-26-13-23(19,24)25)17-10-16(3-4-18(17)32-14)31-12-15-2-5-20-27-8-9-29(20)11-15/h2-5,8-11,19,26H,6-7,12-13H2,1H3,(H,28,30). The molecule has 9 heteroatoms. The van der Waals surface area contributed by atoms with Crippen LogP contribution in [-0.4, -0.2) is 40.3 Å². The van der Waals surface area contributed by atoms with Crippen LogP contribution in [0.1, 0.15) is 28.1 Å². The van der Waals surface area contributed by atoms with Crippen molar-refractivity contribution in [2.45, 2.75) is 31.9 Å². The van der Waals surface area contributed by atoms with E-state index in [-0.39, 0.29) is 12.0 Å². The van der Waals surface area contributed by atoms with Crippen LogP contribution >= 0.6 is 0 Å². The summed E-state index contributed by atoms with van der Waals surface area (Å²) < 4.78 is 41.8. The van der Waals surface area contributed by atoms with E-state index >= 15 is 0 Å². The first-order valence-corrected chi connectivity index (χ1v) is 10.4. The van der Waals surface area contributed by atoms with Crippen LogP contribution in [0.3, 0.4) is 0 Å². The average molecular weight is 440 g/mol. The van der Waals surface area contributed by atoms with Gasteiger partial charge in [-0.05, 0) is 44.2 Å². The molecule has 1 unspecified atom stereocenters. The second-order valence-corrected chi connectivity index (χ2v) is 7.96. The van der Waals surface area contributed by atoms with Crippen molar-refractivity contribution >= 4 is 22.5 Å². The Bertz CT molecular complexity index is 1300. The third kappa shape index (κ3) is 3.80. The van der Waals surface area contributed by atoms with E-state index in [0.717, 1.165) is 11.2 Å². The zero-order valence-electron chi connectivity index (χ0n) is 17.4. The van der Waals surface area contributed by atoms with E-state index in [4.69, 9.17) is 9.15 Å². The van der Waals surface area contributed by atoms with Gasteiger partial charge in [-0.25, -0.2) is 13.8 Å². The molecule has 5 rings (SSSR count). The molecule has 1 aromatic carbocycles. The lowest BCUT2D eigenvalue weighted by atomic mass is 10.0. The van der Waals surface area contributed by atoms with Gasteiger partial charge in [0, 0.05) is 29.5 Å². The first-order valence-electron chi connectivity index (χ1n) is 10.4. The number of furan rings is 1. The monoisotopic (exact) mass is 440 g/mol. The maximum absolute atomic E-state index is 14.2. The molecule has 0 aliphatic carbocycles. The largest absolute Gasteiger partial charge is 0.489 e. The fourth-order valence-electron chi connectivity index (χ4n) is 4.03. The molecular weight excluding hydrogens is 418 g/mol. The number of ether oxygens (including phenoxy) is 1. The molecule has 4 heterocycles. The van der Waals surface area contributed by atoms with E-state index in [9.17, 15) is 13.6 Å². The molecule has 1 amide bonds. The maximum atomic E-state index is 14.2. The molecule has 166 valence electrons. The number of aromatic nitrogens is 2. The quantitative estimate of drug-likeness (QED) is 0.495. The number of halogens is 2. The molecule has 7 nitrogen and oxygen atoms in total. The number of benzene rings is 1.